The number of primary amides is 1. The number of nitrogens with two attached hydrogens (primary N) is 1. The van der Waals surface area contributed by atoms with Crippen LogP contribution in [-0.4, -0.2) is 118 Å². The van der Waals surface area contributed by atoms with Crippen molar-refractivity contribution in [3.63, 3.8) is 0 Å². The second-order valence-electron chi connectivity index (χ2n) is 18.4. The number of fused-ring (bicyclic) bond motifs is 3. The number of aromatic nitrogens is 2. The Hall–Kier alpha value is -5.59. The number of rotatable bonds is 9. The van der Waals surface area contributed by atoms with Gasteiger partial charge in [0.15, 0.2) is 0 Å². The number of imide groups is 2. The van der Waals surface area contributed by atoms with E-state index in [1.165, 1.54) is 17.3 Å². The third-order valence-electron chi connectivity index (χ3n) is 14.1. The molecule has 0 unspecified atom stereocenters. The molecule has 15 nitrogen and oxygen atoms in total. The van der Waals surface area contributed by atoms with E-state index in [0.717, 1.165) is 62.7 Å². The summed E-state index contributed by atoms with van der Waals surface area (Å²) in [7, 11) is 0. The molecule has 5 fully saturated rings. The third kappa shape index (κ3) is 6.37. The normalized spacial score (nSPS) is 28.2. The number of piperazine rings is 1. The summed E-state index contributed by atoms with van der Waals surface area (Å²) >= 11 is 6.28. The summed E-state index contributed by atoms with van der Waals surface area (Å²) in [5.74, 6) is -0.232. The van der Waals surface area contributed by atoms with Gasteiger partial charge in [0.05, 0.1) is 33.3 Å². The molecule has 5 amide bonds. The molecule has 16 heteroatoms. The topological polar surface area (TPSA) is 186 Å². The molecule has 0 spiro atoms. The number of piperidine rings is 2. The second-order valence-corrected chi connectivity index (χ2v) is 18.8. The van der Waals surface area contributed by atoms with Crippen LogP contribution in [-0.2, 0) is 9.59 Å². The van der Waals surface area contributed by atoms with Gasteiger partial charge in [-0.2, -0.15) is 5.26 Å². The maximum atomic E-state index is 14.4. The Morgan fingerprint density at radius 1 is 0.933 bits per heavy atom. The monoisotopic (exact) mass is 833 g/mol. The standard InChI is InChI=1S/C44H48ClN9O6/c1-43(2)40(44(3,4)41(43)60-30-7-5-24(19-46)33(45)18-30)54-35(55)10-9-34(39(54)59)53-37(57)31-8-6-28(17-32(31)38(53)58)51-13-11-50(12-14-51)22-25-15-29-16-26(25)23-52(29)42-48-20-27(21-49-42)36(47)56/h5-8,17-18,20-21,25-26,29,34,40-41H,9-16,22-23H2,1-4H3,(H2,47,56)/t25-,26-,29+,34+,40?,41?/m1/s1. The molecule has 6 aliphatic rings. The Balaban J connectivity index is 0.826. The molecule has 1 aromatic heterocycles. The fourth-order valence-corrected chi connectivity index (χ4v) is 11.8. The molecule has 2 N–H and O–H groups in total. The van der Waals surface area contributed by atoms with Gasteiger partial charge in [0.1, 0.15) is 24.0 Å². The van der Waals surface area contributed by atoms with E-state index in [4.69, 9.17) is 22.1 Å². The van der Waals surface area contributed by atoms with E-state index in [9.17, 15) is 29.2 Å². The van der Waals surface area contributed by atoms with Crippen molar-refractivity contribution < 1.29 is 28.7 Å². The number of amides is 5. The Kier molecular flexibility index (Phi) is 9.66. The highest BCUT2D eigenvalue weighted by atomic mass is 35.5. The molecule has 9 rings (SSSR count). The highest BCUT2D eigenvalue weighted by Crippen LogP contribution is 2.59. The van der Waals surface area contributed by atoms with Crippen LogP contribution in [0.25, 0.3) is 0 Å². The first-order chi connectivity index (χ1) is 28.6. The lowest BCUT2D eigenvalue weighted by molar-refractivity contribution is -0.216. The first-order valence-corrected chi connectivity index (χ1v) is 21.1. The Morgan fingerprint density at radius 3 is 2.27 bits per heavy atom. The SMILES string of the molecule is CC1(C)C(Oc2ccc(C#N)c(Cl)c2)C(C)(C)C1N1C(=O)CC[C@H](N2C(=O)c3ccc(N4CCN(C[C@H]5C[C@H]6C[C@@H]5CN6c5ncc(C(N)=O)cn5)CC4)cc3C2=O)C1=O. The third-order valence-corrected chi connectivity index (χ3v) is 14.4. The fourth-order valence-electron chi connectivity index (χ4n) is 11.5. The zero-order valence-electron chi connectivity index (χ0n) is 34.1. The first kappa shape index (κ1) is 39.8. The van der Waals surface area contributed by atoms with Crippen molar-refractivity contribution in [2.75, 3.05) is 49.1 Å². The second kappa shape index (κ2) is 14.6. The average molecular weight is 834 g/mol. The molecule has 2 aliphatic carbocycles. The largest absolute Gasteiger partial charge is 0.489 e. The van der Waals surface area contributed by atoms with Crippen LogP contribution in [0.4, 0.5) is 11.6 Å². The lowest BCUT2D eigenvalue weighted by atomic mass is 9.48. The number of ether oxygens (including phenoxy) is 1. The maximum Gasteiger partial charge on any atom is 0.262 e. The van der Waals surface area contributed by atoms with Crippen LogP contribution in [0.15, 0.2) is 48.8 Å². The molecule has 4 aliphatic heterocycles. The van der Waals surface area contributed by atoms with Crippen molar-refractivity contribution in [2.45, 2.75) is 77.6 Å². The Labute approximate surface area is 353 Å². The predicted molar refractivity (Wildman–Crippen MR) is 220 cm³/mol. The van der Waals surface area contributed by atoms with Crippen molar-refractivity contribution in [1.82, 2.24) is 24.7 Å². The molecule has 5 heterocycles. The lowest BCUT2D eigenvalue weighted by Crippen LogP contribution is -2.77. The zero-order chi connectivity index (χ0) is 42.4. The number of nitriles is 1. The highest BCUT2D eigenvalue weighted by molar-refractivity contribution is 6.31. The number of halogens is 1. The van der Waals surface area contributed by atoms with Crippen molar-refractivity contribution in [2.24, 2.45) is 28.4 Å². The predicted octanol–water partition coefficient (Wildman–Crippen LogP) is 4.13. The molecule has 312 valence electrons. The van der Waals surface area contributed by atoms with Crippen molar-refractivity contribution in [3.05, 3.63) is 76.1 Å². The van der Waals surface area contributed by atoms with Gasteiger partial charge in [0, 0.05) is 86.7 Å². The highest BCUT2D eigenvalue weighted by Gasteiger charge is 2.68. The summed E-state index contributed by atoms with van der Waals surface area (Å²) in [5.41, 5.74) is 5.97. The number of nitrogens with zero attached hydrogens (tertiary/aromatic N) is 8. The molecule has 2 saturated carbocycles. The number of hydrogen-bond donors (Lipinski definition) is 1. The van der Waals surface area contributed by atoms with Crippen LogP contribution in [0, 0.1) is 34.0 Å². The van der Waals surface area contributed by atoms with Gasteiger partial charge in [-0.1, -0.05) is 39.3 Å². The Bertz CT molecular complexity index is 2340. The van der Waals surface area contributed by atoms with Crippen LogP contribution in [0.1, 0.15) is 90.0 Å². The van der Waals surface area contributed by atoms with Crippen LogP contribution < -0.4 is 20.3 Å². The minimum Gasteiger partial charge on any atom is -0.489 e. The summed E-state index contributed by atoms with van der Waals surface area (Å²) in [5, 5.41) is 9.55. The molecule has 60 heavy (non-hydrogen) atoms. The number of hydrogen-bond acceptors (Lipinski definition) is 12. The van der Waals surface area contributed by atoms with Gasteiger partial charge < -0.3 is 20.3 Å². The number of carbonyl (C=O) groups is 5. The van der Waals surface area contributed by atoms with Crippen molar-refractivity contribution in [3.8, 4) is 11.8 Å². The molecule has 3 saturated heterocycles. The summed E-state index contributed by atoms with van der Waals surface area (Å²) in [6.07, 6.45) is 4.81. The molecular weight excluding hydrogens is 786 g/mol. The first-order valence-electron chi connectivity index (χ1n) is 20.7. The molecule has 4 atom stereocenters. The van der Waals surface area contributed by atoms with Gasteiger partial charge in [-0.3, -0.25) is 38.7 Å². The van der Waals surface area contributed by atoms with Gasteiger partial charge in [0.2, 0.25) is 11.9 Å². The van der Waals surface area contributed by atoms with Crippen LogP contribution in [0.2, 0.25) is 5.02 Å². The number of benzene rings is 2. The van der Waals surface area contributed by atoms with Crippen LogP contribution in [0.3, 0.4) is 0 Å². The molecule has 2 aromatic carbocycles. The summed E-state index contributed by atoms with van der Waals surface area (Å²) in [6, 6.07) is 10.9. The van der Waals surface area contributed by atoms with E-state index in [1.54, 1.807) is 30.3 Å². The minimum absolute atomic E-state index is 0.0138. The molecular formula is C44H48ClN9O6. The zero-order valence-corrected chi connectivity index (χ0v) is 34.9. The van der Waals surface area contributed by atoms with Crippen molar-refractivity contribution in [1.29, 1.82) is 5.26 Å². The van der Waals surface area contributed by atoms with E-state index in [-0.39, 0.29) is 34.9 Å². The fraction of sp³-hybridized carbons (Fsp3) is 0.500. The van der Waals surface area contributed by atoms with E-state index in [1.807, 2.05) is 39.8 Å². The average Bonchev–Trinajstić information content (AvgIpc) is 3.90. The van der Waals surface area contributed by atoms with E-state index in [2.05, 4.69) is 24.7 Å². The molecule has 3 aromatic rings. The summed E-state index contributed by atoms with van der Waals surface area (Å²) in [4.78, 5) is 85.6. The number of anilines is 2. The smallest absolute Gasteiger partial charge is 0.262 e. The minimum atomic E-state index is -1.11. The van der Waals surface area contributed by atoms with Gasteiger partial charge >= 0.3 is 0 Å². The molecule has 0 radical (unpaired) electrons. The van der Waals surface area contributed by atoms with E-state index in [0.29, 0.717) is 40.7 Å². The van der Waals surface area contributed by atoms with E-state index >= 15 is 0 Å². The summed E-state index contributed by atoms with van der Waals surface area (Å²) < 4.78 is 6.40. The van der Waals surface area contributed by atoms with E-state index < -0.39 is 52.6 Å². The number of carbonyl (C=O) groups excluding carboxylic acids is 5. The Morgan fingerprint density at radius 2 is 1.63 bits per heavy atom. The maximum absolute atomic E-state index is 14.4. The van der Waals surface area contributed by atoms with Gasteiger partial charge in [-0.25, -0.2) is 9.97 Å². The van der Waals surface area contributed by atoms with Crippen LogP contribution in [0.5, 0.6) is 5.75 Å². The van der Waals surface area contributed by atoms with Crippen molar-refractivity contribution >= 4 is 52.8 Å². The lowest BCUT2D eigenvalue weighted by Gasteiger charge is -2.65. The quantitative estimate of drug-likeness (QED) is 0.305. The van der Waals surface area contributed by atoms with Gasteiger partial charge in [0.25, 0.3) is 23.6 Å². The van der Waals surface area contributed by atoms with Gasteiger partial charge in [-0.15, -0.1) is 0 Å². The van der Waals surface area contributed by atoms with Gasteiger partial charge in [-0.05, 0) is 61.4 Å². The van der Waals surface area contributed by atoms with Crippen LogP contribution >= 0.6 is 11.6 Å². The number of likely N-dealkylation sites (tertiary alicyclic amines) is 1. The molecule has 2 bridgehead atoms. The summed E-state index contributed by atoms with van der Waals surface area (Å²) in [6.45, 7) is 12.9.